The molecule has 1 heterocycles. The monoisotopic (exact) mass is 291 g/mol. The van der Waals surface area contributed by atoms with E-state index in [1.807, 2.05) is 0 Å². The number of carbonyl (C=O) groups excluding carboxylic acids is 1. The molecule has 2 rings (SSSR count). The van der Waals surface area contributed by atoms with Crippen LogP contribution < -0.4 is 4.90 Å². The lowest BCUT2D eigenvalue weighted by Crippen LogP contribution is -2.42. The number of rotatable bonds is 6. The zero-order valence-electron chi connectivity index (χ0n) is 11.7. The molecule has 0 unspecified atom stereocenters. The number of aliphatic carboxylic acids is 2. The summed E-state index contributed by atoms with van der Waals surface area (Å²) in [5.41, 5.74) is 1.02. The number of ketones is 1. The van der Waals surface area contributed by atoms with Crippen LogP contribution in [0.2, 0.25) is 0 Å². The Labute approximate surface area is 122 Å². The van der Waals surface area contributed by atoms with Gasteiger partial charge in [0.15, 0.2) is 11.8 Å². The van der Waals surface area contributed by atoms with E-state index in [-0.39, 0.29) is 0 Å². The van der Waals surface area contributed by atoms with E-state index in [9.17, 15) is 19.5 Å². The van der Waals surface area contributed by atoms with Crippen LogP contribution in [-0.2, 0) is 9.59 Å². The average molecular weight is 291 g/mol. The molecule has 1 aromatic rings. The van der Waals surface area contributed by atoms with Gasteiger partial charge in [-0.25, -0.2) is 4.79 Å². The molecule has 0 fully saturated rings. The molecule has 0 spiro atoms. The van der Waals surface area contributed by atoms with Gasteiger partial charge in [-0.1, -0.05) is 19.1 Å². The van der Waals surface area contributed by atoms with Crippen LogP contribution in [-0.4, -0.2) is 40.5 Å². The van der Waals surface area contributed by atoms with Gasteiger partial charge in [-0.3, -0.25) is 9.59 Å². The number of hydrogen-bond acceptors (Lipinski definition) is 4. The Morgan fingerprint density at radius 2 is 1.95 bits per heavy atom. The molecule has 2 atom stereocenters. The first-order chi connectivity index (χ1) is 9.93. The van der Waals surface area contributed by atoms with Crippen molar-refractivity contribution in [3.63, 3.8) is 0 Å². The number of carboxylic acids is 2. The summed E-state index contributed by atoms with van der Waals surface area (Å²) < 4.78 is 0. The topological polar surface area (TPSA) is 94.9 Å². The van der Waals surface area contributed by atoms with Crippen molar-refractivity contribution >= 4 is 23.4 Å². The number of fused-ring (bicyclic) bond motifs is 1. The van der Waals surface area contributed by atoms with Crippen molar-refractivity contribution in [3.05, 3.63) is 29.8 Å². The largest absolute Gasteiger partial charge is 0.481 e. The molecule has 21 heavy (non-hydrogen) atoms. The molecular weight excluding hydrogens is 274 g/mol. The first kappa shape index (κ1) is 15.0. The molecule has 0 aliphatic carbocycles. The molecule has 0 saturated heterocycles. The number of benzene rings is 1. The van der Waals surface area contributed by atoms with Gasteiger partial charge >= 0.3 is 11.9 Å². The molecule has 1 aromatic carbocycles. The van der Waals surface area contributed by atoms with E-state index in [4.69, 9.17) is 5.11 Å². The lowest BCUT2D eigenvalue weighted by Gasteiger charge is -2.23. The van der Waals surface area contributed by atoms with Crippen LogP contribution in [0.4, 0.5) is 5.69 Å². The third-order valence-corrected chi connectivity index (χ3v) is 3.73. The molecule has 0 radical (unpaired) electrons. The van der Waals surface area contributed by atoms with Crippen LogP contribution in [0.1, 0.15) is 30.1 Å². The highest BCUT2D eigenvalue weighted by molar-refractivity contribution is 6.20. The summed E-state index contributed by atoms with van der Waals surface area (Å²) in [6, 6.07) is 5.58. The SMILES string of the molecule is C[C@@H](CCCN1c2ccccc2C(=O)[C@H]1C(=O)O)C(=O)O. The highest BCUT2D eigenvalue weighted by Gasteiger charge is 2.41. The molecule has 0 bridgehead atoms. The quantitative estimate of drug-likeness (QED) is 0.774. The third-order valence-electron chi connectivity index (χ3n) is 3.73. The van der Waals surface area contributed by atoms with E-state index in [1.165, 1.54) is 0 Å². The van der Waals surface area contributed by atoms with E-state index in [0.717, 1.165) is 0 Å². The zero-order chi connectivity index (χ0) is 15.6. The number of carbonyl (C=O) groups is 3. The normalized spacial score (nSPS) is 18.4. The fraction of sp³-hybridized carbons (Fsp3) is 0.400. The fourth-order valence-corrected chi connectivity index (χ4v) is 2.55. The van der Waals surface area contributed by atoms with Gasteiger partial charge in [-0.2, -0.15) is 0 Å². The Kier molecular flexibility index (Phi) is 4.26. The molecule has 1 aliphatic rings. The molecular formula is C15H17NO5. The summed E-state index contributed by atoms with van der Waals surface area (Å²) in [6.07, 6.45) is 0.952. The van der Waals surface area contributed by atoms with Crippen molar-refractivity contribution in [3.8, 4) is 0 Å². The van der Waals surface area contributed by atoms with E-state index in [1.54, 1.807) is 36.1 Å². The minimum absolute atomic E-state index is 0.345. The maximum Gasteiger partial charge on any atom is 0.334 e. The Morgan fingerprint density at radius 1 is 1.29 bits per heavy atom. The minimum atomic E-state index is -1.21. The molecule has 0 aromatic heterocycles. The Balaban J connectivity index is 2.14. The van der Waals surface area contributed by atoms with Crippen LogP contribution in [0.25, 0.3) is 0 Å². The van der Waals surface area contributed by atoms with Crippen molar-refractivity contribution in [2.24, 2.45) is 5.92 Å². The second kappa shape index (κ2) is 5.95. The van der Waals surface area contributed by atoms with Gasteiger partial charge in [-0.15, -0.1) is 0 Å². The van der Waals surface area contributed by atoms with E-state index in [0.29, 0.717) is 30.6 Å². The van der Waals surface area contributed by atoms with Gasteiger partial charge < -0.3 is 15.1 Å². The van der Waals surface area contributed by atoms with Crippen LogP contribution in [0.5, 0.6) is 0 Å². The summed E-state index contributed by atoms with van der Waals surface area (Å²) >= 11 is 0. The van der Waals surface area contributed by atoms with Gasteiger partial charge in [0, 0.05) is 17.8 Å². The molecule has 0 saturated carbocycles. The van der Waals surface area contributed by atoms with Crippen molar-refractivity contribution in [2.45, 2.75) is 25.8 Å². The van der Waals surface area contributed by atoms with Crippen LogP contribution >= 0.6 is 0 Å². The highest BCUT2D eigenvalue weighted by atomic mass is 16.4. The summed E-state index contributed by atoms with van der Waals surface area (Å²) in [5, 5.41) is 18.1. The fourth-order valence-electron chi connectivity index (χ4n) is 2.55. The first-order valence-electron chi connectivity index (χ1n) is 6.79. The predicted molar refractivity (Wildman–Crippen MR) is 75.6 cm³/mol. The molecule has 6 nitrogen and oxygen atoms in total. The lowest BCUT2D eigenvalue weighted by molar-refractivity contribution is -0.141. The maximum atomic E-state index is 12.1. The number of para-hydroxylation sites is 1. The Bertz CT molecular complexity index is 583. The third kappa shape index (κ3) is 2.89. The summed E-state index contributed by atoms with van der Waals surface area (Å²) in [5.74, 6) is -2.95. The lowest BCUT2D eigenvalue weighted by atomic mass is 10.1. The molecule has 0 amide bonds. The van der Waals surface area contributed by atoms with Gasteiger partial charge in [-0.05, 0) is 25.0 Å². The second-order valence-electron chi connectivity index (χ2n) is 5.20. The van der Waals surface area contributed by atoms with E-state index >= 15 is 0 Å². The van der Waals surface area contributed by atoms with Crippen LogP contribution in [0, 0.1) is 5.92 Å². The minimum Gasteiger partial charge on any atom is -0.481 e. The summed E-state index contributed by atoms with van der Waals surface area (Å²) in [7, 11) is 0. The summed E-state index contributed by atoms with van der Waals surface area (Å²) in [4.78, 5) is 35.8. The molecule has 112 valence electrons. The molecule has 1 aliphatic heterocycles. The van der Waals surface area contributed by atoms with Crippen molar-refractivity contribution in [1.29, 1.82) is 0 Å². The van der Waals surface area contributed by atoms with Crippen molar-refractivity contribution in [2.75, 3.05) is 11.4 Å². The molecule has 2 N–H and O–H groups in total. The van der Waals surface area contributed by atoms with E-state index < -0.39 is 29.7 Å². The van der Waals surface area contributed by atoms with E-state index in [2.05, 4.69) is 0 Å². The second-order valence-corrected chi connectivity index (χ2v) is 5.20. The number of anilines is 1. The Hall–Kier alpha value is -2.37. The molecule has 6 heteroatoms. The first-order valence-corrected chi connectivity index (χ1v) is 6.79. The van der Waals surface area contributed by atoms with Gasteiger partial charge in [0.1, 0.15) is 0 Å². The van der Waals surface area contributed by atoms with Gasteiger partial charge in [0.2, 0.25) is 0 Å². The number of nitrogens with zero attached hydrogens (tertiary/aromatic N) is 1. The zero-order valence-corrected chi connectivity index (χ0v) is 11.7. The predicted octanol–water partition coefficient (Wildman–Crippen LogP) is 1.64. The number of hydrogen-bond donors (Lipinski definition) is 2. The van der Waals surface area contributed by atoms with Crippen LogP contribution in [0.3, 0.4) is 0 Å². The highest BCUT2D eigenvalue weighted by Crippen LogP contribution is 2.32. The average Bonchev–Trinajstić information content (AvgIpc) is 2.72. The maximum absolute atomic E-state index is 12.1. The Morgan fingerprint density at radius 3 is 2.57 bits per heavy atom. The van der Waals surface area contributed by atoms with Gasteiger partial charge in [0.05, 0.1) is 5.92 Å². The van der Waals surface area contributed by atoms with Crippen molar-refractivity contribution < 1.29 is 24.6 Å². The van der Waals surface area contributed by atoms with Crippen molar-refractivity contribution in [1.82, 2.24) is 0 Å². The smallest absolute Gasteiger partial charge is 0.334 e. The number of Topliss-reactive ketones (excluding diaryl/α,β-unsaturated/α-hetero) is 1. The standard InChI is InChI=1S/C15H17NO5/c1-9(14(18)19)5-4-8-16-11-7-3-2-6-10(11)13(17)12(16)15(20)21/h2-3,6-7,9,12H,4-5,8H2,1H3,(H,18,19)(H,20,21)/t9-,12-/m0/s1. The summed E-state index contributed by atoms with van der Waals surface area (Å²) in [6.45, 7) is 1.96. The van der Waals surface area contributed by atoms with Gasteiger partial charge in [0.25, 0.3) is 0 Å². The number of carboxylic acid groups (broad SMARTS) is 2. The van der Waals surface area contributed by atoms with Crippen LogP contribution in [0.15, 0.2) is 24.3 Å².